The standard InChI is InChI=1S/C11H13NO4S/c1-11(2,7-12-17(15)16)9-5-3-8(4-6-9)10(13)14/h3-6H,7H2,1-2H3,(H,13,14). The summed E-state index contributed by atoms with van der Waals surface area (Å²) in [5.74, 6) is -0.986. The SMILES string of the molecule is CC(C)(CN=S(=O)=O)c1ccc(C(=O)O)cc1. The number of benzene rings is 1. The molecule has 6 heteroatoms. The number of carboxylic acid groups (broad SMARTS) is 1. The summed E-state index contributed by atoms with van der Waals surface area (Å²) in [6, 6.07) is 6.33. The van der Waals surface area contributed by atoms with Crippen molar-refractivity contribution in [2.24, 2.45) is 4.36 Å². The lowest BCUT2D eigenvalue weighted by molar-refractivity contribution is 0.0697. The zero-order valence-electron chi connectivity index (χ0n) is 9.54. The van der Waals surface area contributed by atoms with Crippen LogP contribution in [0.5, 0.6) is 0 Å². The van der Waals surface area contributed by atoms with Gasteiger partial charge in [0.15, 0.2) is 0 Å². The maximum Gasteiger partial charge on any atom is 0.335 e. The molecule has 0 atom stereocenters. The predicted octanol–water partition coefficient (Wildman–Crippen LogP) is 1.73. The number of hydrogen-bond donors (Lipinski definition) is 1. The van der Waals surface area contributed by atoms with Gasteiger partial charge in [-0.2, -0.15) is 12.8 Å². The Morgan fingerprint density at radius 3 is 2.24 bits per heavy atom. The molecule has 0 heterocycles. The molecule has 1 N–H and O–H groups in total. The summed E-state index contributed by atoms with van der Waals surface area (Å²) in [5.41, 5.74) is 0.600. The fraction of sp³-hybridized carbons (Fsp3) is 0.364. The minimum atomic E-state index is -2.42. The van der Waals surface area contributed by atoms with E-state index in [9.17, 15) is 13.2 Å². The van der Waals surface area contributed by atoms with Crippen LogP contribution in [0.3, 0.4) is 0 Å². The third-order valence-electron chi connectivity index (χ3n) is 2.48. The van der Waals surface area contributed by atoms with Gasteiger partial charge in [0.05, 0.1) is 12.1 Å². The molecule has 0 amide bonds. The van der Waals surface area contributed by atoms with E-state index in [1.165, 1.54) is 12.1 Å². The molecule has 0 bridgehead atoms. The van der Waals surface area contributed by atoms with Crippen LogP contribution in [0.25, 0.3) is 0 Å². The molecule has 17 heavy (non-hydrogen) atoms. The zero-order chi connectivity index (χ0) is 13.1. The molecular weight excluding hydrogens is 242 g/mol. The normalized spacial score (nSPS) is 10.9. The molecule has 0 spiro atoms. The van der Waals surface area contributed by atoms with E-state index >= 15 is 0 Å². The second-order valence-corrected chi connectivity index (χ2v) is 4.96. The lowest BCUT2D eigenvalue weighted by atomic mass is 9.84. The quantitative estimate of drug-likeness (QED) is 0.887. The summed E-state index contributed by atoms with van der Waals surface area (Å²) in [4.78, 5) is 10.7. The van der Waals surface area contributed by atoms with Crippen LogP contribution < -0.4 is 0 Å². The first-order chi connectivity index (χ1) is 7.83. The Morgan fingerprint density at radius 1 is 1.29 bits per heavy atom. The molecule has 0 aliphatic heterocycles. The van der Waals surface area contributed by atoms with E-state index in [0.29, 0.717) is 0 Å². The minimum Gasteiger partial charge on any atom is -0.478 e. The molecule has 0 aromatic heterocycles. The van der Waals surface area contributed by atoms with E-state index in [-0.39, 0.29) is 12.1 Å². The van der Waals surface area contributed by atoms with Crippen molar-refractivity contribution in [3.05, 3.63) is 35.4 Å². The maximum atomic E-state index is 10.7. The Kier molecular flexibility index (Phi) is 4.01. The van der Waals surface area contributed by atoms with Gasteiger partial charge in [-0.25, -0.2) is 4.79 Å². The molecule has 0 fully saturated rings. The van der Waals surface area contributed by atoms with Crippen LogP contribution in [-0.2, 0) is 15.9 Å². The van der Waals surface area contributed by atoms with Gasteiger partial charge in [-0.15, -0.1) is 0 Å². The number of hydrogen-bond acceptors (Lipinski definition) is 4. The van der Waals surface area contributed by atoms with Crippen LogP contribution in [0, 0.1) is 0 Å². The first kappa shape index (κ1) is 13.4. The summed E-state index contributed by atoms with van der Waals surface area (Å²) in [6.45, 7) is 3.83. The van der Waals surface area contributed by atoms with Crippen molar-refractivity contribution in [1.82, 2.24) is 0 Å². The number of carboxylic acids is 1. The lowest BCUT2D eigenvalue weighted by Gasteiger charge is -2.22. The Labute approximate surface area is 101 Å². The van der Waals surface area contributed by atoms with E-state index in [4.69, 9.17) is 5.11 Å². The van der Waals surface area contributed by atoms with Crippen molar-refractivity contribution < 1.29 is 18.3 Å². The van der Waals surface area contributed by atoms with Gasteiger partial charge in [0.1, 0.15) is 0 Å². The Hall–Kier alpha value is -1.69. The summed E-state index contributed by atoms with van der Waals surface area (Å²) in [6.07, 6.45) is 0. The summed E-state index contributed by atoms with van der Waals surface area (Å²) >= 11 is 0. The first-order valence-electron chi connectivity index (χ1n) is 4.93. The zero-order valence-corrected chi connectivity index (χ0v) is 10.4. The lowest BCUT2D eigenvalue weighted by Crippen LogP contribution is -2.21. The Balaban J connectivity index is 2.99. The average Bonchev–Trinajstić information content (AvgIpc) is 2.27. The highest BCUT2D eigenvalue weighted by Gasteiger charge is 2.20. The molecule has 5 nitrogen and oxygen atoms in total. The van der Waals surface area contributed by atoms with Crippen molar-refractivity contribution in [3.8, 4) is 0 Å². The van der Waals surface area contributed by atoms with Gasteiger partial charge in [0.25, 0.3) is 0 Å². The minimum absolute atomic E-state index is 0.134. The van der Waals surface area contributed by atoms with E-state index in [1.54, 1.807) is 12.1 Å². The molecular formula is C11H13NO4S. The topological polar surface area (TPSA) is 83.8 Å². The maximum absolute atomic E-state index is 10.7. The van der Waals surface area contributed by atoms with E-state index < -0.39 is 21.9 Å². The highest BCUT2D eigenvalue weighted by atomic mass is 32.2. The number of nitrogens with zero attached hydrogens (tertiary/aromatic N) is 1. The van der Waals surface area contributed by atoms with Gasteiger partial charge < -0.3 is 5.11 Å². The van der Waals surface area contributed by atoms with Crippen molar-refractivity contribution in [3.63, 3.8) is 0 Å². The largest absolute Gasteiger partial charge is 0.478 e. The fourth-order valence-corrected chi connectivity index (χ4v) is 1.80. The molecule has 1 rings (SSSR count). The summed E-state index contributed by atoms with van der Waals surface area (Å²) in [5, 5.41) is 8.75. The van der Waals surface area contributed by atoms with Gasteiger partial charge in [-0.1, -0.05) is 26.0 Å². The highest BCUT2D eigenvalue weighted by molar-refractivity contribution is 7.61. The van der Waals surface area contributed by atoms with Gasteiger partial charge in [0, 0.05) is 5.41 Å². The molecule has 0 aliphatic rings. The Bertz CT molecular complexity index is 535. The third-order valence-corrected chi connectivity index (χ3v) is 2.82. The first-order valence-corrected chi connectivity index (χ1v) is 5.97. The molecule has 92 valence electrons. The van der Waals surface area contributed by atoms with Gasteiger partial charge in [-0.3, -0.25) is 0 Å². The summed E-state index contributed by atoms with van der Waals surface area (Å²) in [7, 11) is -2.42. The van der Waals surface area contributed by atoms with Crippen molar-refractivity contribution in [2.75, 3.05) is 6.54 Å². The summed E-state index contributed by atoms with van der Waals surface area (Å²) < 4.78 is 24.2. The Morgan fingerprint density at radius 2 is 1.82 bits per heavy atom. The van der Waals surface area contributed by atoms with E-state index in [1.807, 2.05) is 13.8 Å². The number of rotatable bonds is 4. The van der Waals surface area contributed by atoms with Crippen LogP contribution in [-0.4, -0.2) is 26.0 Å². The van der Waals surface area contributed by atoms with Crippen molar-refractivity contribution in [2.45, 2.75) is 19.3 Å². The molecule has 0 unspecified atom stereocenters. The molecule has 0 aliphatic carbocycles. The van der Waals surface area contributed by atoms with Crippen LogP contribution in [0.15, 0.2) is 28.6 Å². The van der Waals surface area contributed by atoms with Gasteiger partial charge >= 0.3 is 16.5 Å². The smallest absolute Gasteiger partial charge is 0.335 e. The molecule has 1 aromatic rings. The molecule has 0 radical (unpaired) electrons. The number of aromatic carboxylic acids is 1. The van der Waals surface area contributed by atoms with Crippen molar-refractivity contribution >= 4 is 16.5 Å². The van der Waals surface area contributed by atoms with E-state index in [0.717, 1.165) is 5.56 Å². The predicted molar refractivity (Wildman–Crippen MR) is 62.6 cm³/mol. The van der Waals surface area contributed by atoms with Crippen LogP contribution in [0.1, 0.15) is 29.8 Å². The van der Waals surface area contributed by atoms with Crippen LogP contribution in [0.2, 0.25) is 0 Å². The van der Waals surface area contributed by atoms with Crippen molar-refractivity contribution in [1.29, 1.82) is 0 Å². The molecule has 0 saturated carbocycles. The fourth-order valence-electron chi connectivity index (χ4n) is 1.37. The van der Waals surface area contributed by atoms with E-state index in [2.05, 4.69) is 4.36 Å². The molecule has 1 aromatic carbocycles. The second kappa shape index (κ2) is 5.09. The molecule has 0 saturated heterocycles. The third kappa shape index (κ3) is 3.67. The van der Waals surface area contributed by atoms with Crippen LogP contribution >= 0.6 is 0 Å². The average molecular weight is 255 g/mol. The highest BCUT2D eigenvalue weighted by Crippen LogP contribution is 2.23. The number of carbonyl (C=O) groups is 1. The van der Waals surface area contributed by atoms with Gasteiger partial charge in [0.2, 0.25) is 0 Å². The van der Waals surface area contributed by atoms with Crippen LogP contribution in [0.4, 0.5) is 0 Å². The second-order valence-electron chi connectivity index (χ2n) is 4.27. The van der Waals surface area contributed by atoms with Gasteiger partial charge in [-0.05, 0) is 17.7 Å². The monoisotopic (exact) mass is 255 g/mol.